The van der Waals surface area contributed by atoms with Crippen molar-refractivity contribution in [3.05, 3.63) is 24.3 Å². The quantitative estimate of drug-likeness (QED) is 0.687. The van der Waals surface area contributed by atoms with Gasteiger partial charge in [-0.3, -0.25) is 0 Å². The monoisotopic (exact) mass is 314 g/mol. The van der Waals surface area contributed by atoms with Crippen LogP contribution in [0.25, 0.3) is 0 Å². The third-order valence-electron chi connectivity index (χ3n) is 3.15. The van der Waals surface area contributed by atoms with Gasteiger partial charge in [0.25, 0.3) is 0 Å². The molecule has 0 radical (unpaired) electrons. The fraction of sp³-hybridized carbons (Fsp3) is 0.600. The number of aliphatic hydroxyl groups is 1. The van der Waals surface area contributed by atoms with Crippen LogP contribution in [0, 0.1) is 5.92 Å². The van der Waals surface area contributed by atoms with Crippen LogP contribution in [0.2, 0.25) is 0 Å². The Morgan fingerprint density at radius 3 is 2.10 bits per heavy atom. The van der Waals surface area contributed by atoms with Gasteiger partial charge in [0.15, 0.2) is 0 Å². The predicted octanol–water partition coefficient (Wildman–Crippen LogP) is 2.19. The highest BCUT2D eigenvalue weighted by Crippen LogP contribution is 2.18. The normalized spacial score (nSPS) is 13.7. The largest absolute Gasteiger partial charge is 0.396 e. The van der Waals surface area contributed by atoms with E-state index in [0.717, 1.165) is 5.69 Å². The van der Waals surface area contributed by atoms with Gasteiger partial charge < -0.3 is 10.4 Å². The van der Waals surface area contributed by atoms with E-state index in [1.165, 1.54) is 0 Å². The second-order valence-electron chi connectivity index (χ2n) is 5.81. The van der Waals surface area contributed by atoms with Crippen molar-refractivity contribution < 1.29 is 13.5 Å². The van der Waals surface area contributed by atoms with E-state index in [0.29, 0.717) is 12.3 Å². The maximum Gasteiger partial charge on any atom is 0.240 e. The van der Waals surface area contributed by atoms with Gasteiger partial charge in [-0.25, -0.2) is 13.1 Å². The van der Waals surface area contributed by atoms with Crippen molar-refractivity contribution in [3.8, 4) is 0 Å². The number of sulfonamides is 1. The van der Waals surface area contributed by atoms with Crippen LogP contribution < -0.4 is 10.0 Å². The summed E-state index contributed by atoms with van der Waals surface area (Å²) in [5.41, 5.74) is 0.852. The summed E-state index contributed by atoms with van der Waals surface area (Å²) in [6.07, 6.45) is 0.659. The van der Waals surface area contributed by atoms with Crippen LogP contribution in [0.15, 0.2) is 29.2 Å². The molecule has 6 heteroatoms. The lowest BCUT2D eigenvalue weighted by Gasteiger charge is -2.23. The molecule has 0 fully saturated rings. The molecule has 1 rings (SSSR count). The minimum atomic E-state index is -3.45. The van der Waals surface area contributed by atoms with E-state index in [4.69, 9.17) is 5.11 Å². The molecule has 0 aliphatic heterocycles. The van der Waals surface area contributed by atoms with E-state index in [2.05, 4.69) is 23.9 Å². The Hall–Kier alpha value is -1.11. The van der Waals surface area contributed by atoms with Crippen molar-refractivity contribution in [1.82, 2.24) is 4.72 Å². The van der Waals surface area contributed by atoms with Crippen LogP contribution in [0.4, 0.5) is 5.69 Å². The van der Waals surface area contributed by atoms with Gasteiger partial charge in [0, 0.05) is 24.4 Å². The fourth-order valence-corrected chi connectivity index (χ4v) is 3.29. The van der Waals surface area contributed by atoms with Crippen molar-refractivity contribution >= 4 is 15.7 Å². The van der Waals surface area contributed by atoms with E-state index in [9.17, 15) is 8.42 Å². The average molecular weight is 314 g/mol. The number of benzene rings is 1. The lowest BCUT2D eigenvalue weighted by atomic mass is 10.0. The summed E-state index contributed by atoms with van der Waals surface area (Å²) in [6.45, 7) is 7.86. The summed E-state index contributed by atoms with van der Waals surface area (Å²) in [7, 11) is -3.45. The maximum atomic E-state index is 12.0. The molecular weight excluding hydrogens is 288 g/mol. The van der Waals surface area contributed by atoms with Crippen molar-refractivity contribution in [2.75, 3.05) is 11.9 Å². The maximum absolute atomic E-state index is 12.0. The number of nitrogens with one attached hydrogen (secondary N) is 2. The zero-order valence-corrected chi connectivity index (χ0v) is 13.9. The minimum absolute atomic E-state index is 0.126. The summed E-state index contributed by atoms with van der Waals surface area (Å²) in [5, 5.41) is 12.4. The summed E-state index contributed by atoms with van der Waals surface area (Å²) < 4.78 is 26.6. The molecule has 0 heterocycles. The summed E-state index contributed by atoms with van der Waals surface area (Å²) >= 11 is 0. The Balaban J connectivity index is 2.83. The SMILES string of the molecule is CC(C)NS(=O)(=O)c1ccc(NC(CCO)C(C)C)cc1. The lowest BCUT2D eigenvalue weighted by Crippen LogP contribution is -2.30. The van der Waals surface area contributed by atoms with Crippen molar-refractivity contribution in [2.24, 2.45) is 5.92 Å². The molecule has 0 saturated carbocycles. The third kappa shape index (κ3) is 5.65. The molecule has 3 N–H and O–H groups in total. The molecular formula is C15H26N2O3S. The number of hydrogen-bond donors (Lipinski definition) is 3. The minimum Gasteiger partial charge on any atom is -0.396 e. The number of aliphatic hydroxyl groups excluding tert-OH is 1. The Morgan fingerprint density at radius 1 is 1.10 bits per heavy atom. The lowest BCUT2D eigenvalue weighted by molar-refractivity contribution is 0.267. The van der Waals surface area contributed by atoms with E-state index in [-0.39, 0.29) is 23.6 Å². The van der Waals surface area contributed by atoms with Crippen molar-refractivity contribution in [1.29, 1.82) is 0 Å². The van der Waals surface area contributed by atoms with Crippen LogP contribution >= 0.6 is 0 Å². The van der Waals surface area contributed by atoms with E-state index in [1.807, 2.05) is 0 Å². The summed E-state index contributed by atoms with van der Waals surface area (Å²) in [4.78, 5) is 0.255. The Kier molecular flexibility index (Phi) is 6.64. The smallest absolute Gasteiger partial charge is 0.240 e. The average Bonchev–Trinajstić information content (AvgIpc) is 2.37. The van der Waals surface area contributed by atoms with Gasteiger partial charge in [-0.1, -0.05) is 13.8 Å². The molecule has 5 nitrogen and oxygen atoms in total. The molecule has 0 aliphatic rings. The third-order valence-corrected chi connectivity index (χ3v) is 4.83. The molecule has 0 spiro atoms. The molecule has 1 aromatic carbocycles. The highest BCUT2D eigenvalue weighted by molar-refractivity contribution is 7.89. The van der Waals surface area contributed by atoms with Gasteiger partial charge in [-0.15, -0.1) is 0 Å². The number of anilines is 1. The highest BCUT2D eigenvalue weighted by Gasteiger charge is 2.16. The van der Waals surface area contributed by atoms with Gasteiger partial charge in [0.05, 0.1) is 4.90 Å². The molecule has 0 aliphatic carbocycles. The Bertz CT molecular complexity index is 524. The molecule has 0 amide bonds. The fourth-order valence-electron chi connectivity index (χ4n) is 2.03. The van der Waals surface area contributed by atoms with Gasteiger partial charge in [0.1, 0.15) is 0 Å². The second-order valence-corrected chi connectivity index (χ2v) is 7.52. The van der Waals surface area contributed by atoms with E-state index >= 15 is 0 Å². The van der Waals surface area contributed by atoms with E-state index < -0.39 is 10.0 Å². The molecule has 0 saturated heterocycles. The number of hydrogen-bond acceptors (Lipinski definition) is 4. The number of rotatable bonds is 8. The topological polar surface area (TPSA) is 78.4 Å². The molecule has 1 aromatic rings. The first kappa shape index (κ1) is 17.9. The van der Waals surface area contributed by atoms with Crippen LogP contribution in [-0.4, -0.2) is 32.2 Å². The van der Waals surface area contributed by atoms with Gasteiger partial charge >= 0.3 is 0 Å². The Morgan fingerprint density at radius 2 is 1.67 bits per heavy atom. The first-order valence-corrected chi connectivity index (χ1v) is 8.74. The van der Waals surface area contributed by atoms with Gasteiger partial charge in [-0.05, 0) is 50.5 Å². The van der Waals surface area contributed by atoms with Crippen LogP contribution in [0.3, 0.4) is 0 Å². The first-order chi connectivity index (χ1) is 9.76. The zero-order chi connectivity index (χ0) is 16.0. The van der Waals surface area contributed by atoms with Crippen LogP contribution in [0.1, 0.15) is 34.1 Å². The van der Waals surface area contributed by atoms with Crippen LogP contribution in [0.5, 0.6) is 0 Å². The van der Waals surface area contributed by atoms with Gasteiger partial charge in [0.2, 0.25) is 10.0 Å². The first-order valence-electron chi connectivity index (χ1n) is 7.26. The molecule has 1 unspecified atom stereocenters. The molecule has 120 valence electrons. The predicted molar refractivity (Wildman–Crippen MR) is 85.9 cm³/mol. The zero-order valence-electron chi connectivity index (χ0n) is 13.1. The highest BCUT2D eigenvalue weighted by atomic mass is 32.2. The molecule has 1 atom stereocenters. The Labute approximate surface area is 127 Å². The van der Waals surface area contributed by atoms with Crippen molar-refractivity contribution in [3.63, 3.8) is 0 Å². The molecule has 0 bridgehead atoms. The van der Waals surface area contributed by atoms with E-state index in [1.54, 1.807) is 38.1 Å². The van der Waals surface area contributed by atoms with Crippen molar-refractivity contribution in [2.45, 2.75) is 51.1 Å². The molecule has 0 aromatic heterocycles. The second kappa shape index (κ2) is 7.77. The van der Waals surface area contributed by atoms with Crippen LogP contribution in [-0.2, 0) is 10.0 Å². The molecule has 21 heavy (non-hydrogen) atoms. The standard InChI is InChI=1S/C15H26N2O3S/c1-11(2)15(9-10-18)16-13-5-7-14(8-6-13)21(19,20)17-12(3)4/h5-8,11-12,15-18H,9-10H2,1-4H3. The summed E-state index contributed by atoms with van der Waals surface area (Å²) in [5.74, 6) is 0.378. The summed E-state index contributed by atoms with van der Waals surface area (Å²) in [6, 6.07) is 6.70. The van der Waals surface area contributed by atoms with Gasteiger partial charge in [-0.2, -0.15) is 0 Å².